The fourth-order valence-electron chi connectivity index (χ4n) is 4.03. The lowest BCUT2D eigenvalue weighted by Gasteiger charge is -2.27. The van der Waals surface area contributed by atoms with E-state index in [1.165, 1.54) is 22.9 Å². The van der Waals surface area contributed by atoms with E-state index in [1.807, 2.05) is 35.2 Å². The summed E-state index contributed by atoms with van der Waals surface area (Å²) >= 11 is 7.45. The van der Waals surface area contributed by atoms with Crippen molar-refractivity contribution in [3.05, 3.63) is 82.9 Å². The fourth-order valence-corrected chi connectivity index (χ4v) is 5.28. The summed E-state index contributed by atoms with van der Waals surface area (Å²) in [6.45, 7) is 1.07. The van der Waals surface area contributed by atoms with Gasteiger partial charge in [0.1, 0.15) is 0 Å². The first-order chi connectivity index (χ1) is 14.6. The molecule has 5 rings (SSSR count). The van der Waals surface area contributed by atoms with Gasteiger partial charge in [-0.05, 0) is 40.5 Å². The Hall–Kier alpha value is -2.76. The maximum absolute atomic E-state index is 13.3. The minimum Gasteiger partial charge on any atom is -0.334 e. The van der Waals surface area contributed by atoms with Crippen LogP contribution in [-0.4, -0.2) is 22.0 Å². The molecule has 0 aliphatic carbocycles. The second kappa shape index (κ2) is 7.82. The van der Waals surface area contributed by atoms with Crippen LogP contribution in [0.4, 0.5) is 5.69 Å². The number of anilines is 1. The first kappa shape index (κ1) is 19.2. The molecule has 4 nitrogen and oxygen atoms in total. The minimum atomic E-state index is -0.458. The van der Waals surface area contributed by atoms with Gasteiger partial charge in [0.2, 0.25) is 11.8 Å². The predicted octanol–water partition coefficient (Wildman–Crippen LogP) is 5.35. The number of nitrogens with one attached hydrogen (secondary N) is 1. The molecule has 0 bridgehead atoms. The van der Waals surface area contributed by atoms with Gasteiger partial charge in [-0.1, -0.05) is 60.1 Å². The van der Waals surface area contributed by atoms with Crippen LogP contribution in [0.5, 0.6) is 0 Å². The molecule has 1 unspecified atom stereocenters. The molecule has 2 amide bonds. The van der Waals surface area contributed by atoms with Crippen molar-refractivity contribution in [3.8, 4) is 11.1 Å². The van der Waals surface area contributed by atoms with Gasteiger partial charge in [0.15, 0.2) is 0 Å². The van der Waals surface area contributed by atoms with Gasteiger partial charge in [-0.2, -0.15) is 0 Å². The van der Waals surface area contributed by atoms with Crippen molar-refractivity contribution in [3.63, 3.8) is 0 Å². The van der Waals surface area contributed by atoms with E-state index in [4.69, 9.17) is 11.6 Å². The predicted molar refractivity (Wildman–Crippen MR) is 120 cm³/mol. The van der Waals surface area contributed by atoms with Crippen molar-refractivity contribution in [2.45, 2.75) is 29.7 Å². The zero-order valence-electron chi connectivity index (χ0n) is 16.1. The third-order valence-electron chi connectivity index (χ3n) is 5.52. The molecule has 2 aliphatic rings. The number of halogens is 1. The van der Waals surface area contributed by atoms with Crippen LogP contribution in [0.3, 0.4) is 0 Å². The summed E-state index contributed by atoms with van der Waals surface area (Å²) in [5.41, 5.74) is 5.28. The van der Waals surface area contributed by atoms with Crippen molar-refractivity contribution in [2.75, 3.05) is 5.32 Å². The van der Waals surface area contributed by atoms with Crippen LogP contribution in [0.1, 0.15) is 17.5 Å². The zero-order chi connectivity index (χ0) is 20.7. The molecule has 150 valence electrons. The first-order valence-electron chi connectivity index (χ1n) is 9.79. The molecule has 30 heavy (non-hydrogen) atoms. The third-order valence-corrected chi connectivity index (χ3v) is 7.03. The maximum Gasteiger partial charge on any atom is 0.238 e. The quantitative estimate of drug-likeness (QED) is 0.591. The highest BCUT2D eigenvalue weighted by atomic mass is 35.5. The number of rotatable bonds is 2. The molecule has 0 spiro atoms. The van der Waals surface area contributed by atoms with Gasteiger partial charge in [0.05, 0.1) is 10.9 Å². The van der Waals surface area contributed by atoms with E-state index in [-0.39, 0.29) is 18.2 Å². The molecule has 0 aromatic heterocycles. The Labute approximate surface area is 184 Å². The molecule has 0 saturated carbocycles. The average Bonchev–Trinajstić information content (AvgIpc) is 2.91. The molecule has 2 aliphatic heterocycles. The lowest BCUT2D eigenvalue weighted by atomic mass is 9.97. The Balaban J connectivity index is 1.39. The van der Waals surface area contributed by atoms with Crippen molar-refractivity contribution in [1.29, 1.82) is 0 Å². The van der Waals surface area contributed by atoms with Gasteiger partial charge in [-0.25, -0.2) is 0 Å². The highest BCUT2D eigenvalue weighted by molar-refractivity contribution is 8.01. The topological polar surface area (TPSA) is 49.4 Å². The smallest absolute Gasteiger partial charge is 0.238 e. The van der Waals surface area contributed by atoms with Crippen molar-refractivity contribution >= 4 is 40.9 Å². The average molecular weight is 435 g/mol. The molecule has 0 fully saturated rings. The van der Waals surface area contributed by atoms with Gasteiger partial charge in [-0.15, -0.1) is 11.8 Å². The summed E-state index contributed by atoms with van der Waals surface area (Å²) in [5.74, 6) is -0.176. The van der Waals surface area contributed by atoms with Gasteiger partial charge in [0.25, 0.3) is 0 Å². The number of hydrogen-bond acceptors (Lipinski definition) is 3. The van der Waals surface area contributed by atoms with Gasteiger partial charge >= 0.3 is 0 Å². The number of carbonyl (C=O) groups is 2. The van der Waals surface area contributed by atoms with E-state index < -0.39 is 5.25 Å². The number of carbonyl (C=O) groups excluding carboxylic acids is 2. The van der Waals surface area contributed by atoms with Gasteiger partial charge < -0.3 is 10.2 Å². The summed E-state index contributed by atoms with van der Waals surface area (Å²) < 4.78 is 0. The monoisotopic (exact) mass is 434 g/mol. The number of hydrogen-bond donors (Lipinski definition) is 1. The Morgan fingerprint density at radius 2 is 1.63 bits per heavy atom. The molecule has 1 N–H and O–H groups in total. The van der Waals surface area contributed by atoms with E-state index in [2.05, 4.69) is 29.6 Å². The molecule has 2 heterocycles. The summed E-state index contributed by atoms with van der Waals surface area (Å²) in [7, 11) is 0. The van der Waals surface area contributed by atoms with Crippen molar-refractivity contribution in [1.82, 2.24) is 4.90 Å². The van der Waals surface area contributed by atoms with Crippen LogP contribution in [0, 0.1) is 0 Å². The van der Waals surface area contributed by atoms with Crippen LogP contribution in [0.15, 0.2) is 71.6 Å². The lowest BCUT2D eigenvalue weighted by Crippen LogP contribution is -2.36. The van der Waals surface area contributed by atoms with Crippen molar-refractivity contribution < 1.29 is 9.59 Å². The van der Waals surface area contributed by atoms with Crippen molar-refractivity contribution in [2.24, 2.45) is 0 Å². The molecule has 6 heteroatoms. The minimum absolute atomic E-state index is 0.0217. The summed E-state index contributed by atoms with van der Waals surface area (Å²) in [6.07, 6.45) is 0.156. The Bertz CT molecular complexity index is 1120. The number of benzene rings is 3. The molecule has 1 atom stereocenters. The number of fused-ring (bicyclic) bond motifs is 4. The molecule has 0 saturated heterocycles. The fraction of sp³-hybridized carbons (Fsp3) is 0.167. The normalized spacial score (nSPS) is 17.3. The van der Waals surface area contributed by atoms with E-state index in [0.717, 1.165) is 16.0 Å². The second-order valence-electron chi connectivity index (χ2n) is 7.50. The van der Waals surface area contributed by atoms with Crippen LogP contribution < -0.4 is 5.32 Å². The number of amides is 2. The standard InChI is InChI=1S/C24H19ClN2O2S/c25-17-9-10-21-20(11-17)26-24(29)22(30-21)12-23(28)27-13-15-5-1-3-7-18(15)19-8-4-2-6-16(19)14-27/h1-11,22H,12-14H2,(H,26,29). The maximum atomic E-state index is 13.3. The number of thioether (sulfide) groups is 1. The molecule has 3 aromatic carbocycles. The van der Waals surface area contributed by atoms with E-state index in [9.17, 15) is 9.59 Å². The van der Waals surface area contributed by atoms with Crippen LogP contribution in [-0.2, 0) is 22.7 Å². The Morgan fingerprint density at radius 1 is 1.00 bits per heavy atom. The molecular formula is C24H19ClN2O2S. The highest BCUT2D eigenvalue weighted by Gasteiger charge is 2.31. The Kier molecular flexibility index (Phi) is 5.01. The molecule has 3 aromatic rings. The summed E-state index contributed by atoms with van der Waals surface area (Å²) in [4.78, 5) is 28.7. The summed E-state index contributed by atoms with van der Waals surface area (Å²) in [5, 5.41) is 3.00. The third kappa shape index (κ3) is 3.59. The first-order valence-corrected chi connectivity index (χ1v) is 11.1. The van der Waals surface area contributed by atoms with E-state index >= 15 is 0 Å². The van der Waals surface area contributed by atoms with Gasteiger partial charge in [-0.3, -0.25) is 9.59 Å². The van der Waals surface area contributed by atoms with E-state index in [0.29, 0.717) is 23.8 Å². The van der Waals surface area contributed by atoms with E-state index in [1.54, 1.807) is 12.1 Å². The number of nitrogens with zero attached hydrogens (tertiary/aromatic N) is 1. The highest BCUT2D eigenvalue weighted by Crippen LogP contribution is 2.39. The Morgan fingerprint density at radius 3 is 2.30 bits per heavy atom. The van der Waals surface area contributed by atoms with Crippen LogP contribution in [0.2, 0.25) is 5.02 Å². The van der Waals surface area contributed by atoms with Crippen LogP contribution >= 0.6 is 23.4 Å². The second-order valence-corrected chi connectivity index (χ2v) is 9.19. The lowest BCUT2D eigenvalue weighted by molar-refractivity contribution is -0.133. The SMILES string of the molecule is O=C1Nc2cc(Cl)ccc2SC1CC(=O)N1Cc2ccccc2-c2ccccc2C1. The van der Waals surface area contributed by atoms with Gasteiger partial charge in [0, 0.05) is 29.4 Å². The summed E-state index contributed by atoms with van der Waals surface area (Å²) in [6, 6.07) is 21.8. The van der Waals surface area contributed by atoms with Crippen LogP contribution in [0.25, 0.3) is 11.1 Å². The molecule has 0 radical (unpaired) electrons. The molecular weight excluding hydrogens is 416 g/mol. The largest absolute Gasteiger partial charge is 0.334 e. The zero-order valence-corrected chi connectivity index (χ0v) is 17.7.